The van der Waals surface area contributed by atoms with Crippen molar-refractivity contribution in [3.63, 3.8) is 0 Å². The fourth-order valence-electron chi connectivity index (χ4n) is 4.50. The standard InChI is InChI=1S/C30H29N5O4S/c1-34(2)14-13-26(36)35(3)21-9-7-20(8-10-21)32-28(18-6-12-25-24(15-18)31-17-40-25)27-22-11-5-19(30(38)39-4)16-23(22)33-29(27)37/h5-12,15-17,32H,13-14H2,1-4H3,(H,33,37)/b28-27-. The highest BCUT2D eigenvalue weighted by Gasteiger charge is 2.29. The van der Waals surface area contributed by atoms with Gasteiger partial charge in [-0.2, -0.15) is 0 Å². The highest BCUT2D eigenvalue weighted by molar-refractivity contribution is 7.16. The molecule has 0 radical (unpaired) electrons. The van der Waals surface area contributed by atoms with E-state index >= 15 is 0 Å². The molecule has 204 valence electrons. The van der Waals surface area contributed by atoms with Gasteiger partial charge in [-0.3, -0.25) is 9.59 Å². The first-order chi connectivity index (χ1) is 19.2. The Morgan fingerprint density at radius 2 is 1.75 bits per heavy atom. The molecule has 3 aromatic carbocycles. The molecule has 5 rings (SSSR count). The Kier molecular flexibility index (Phi) is 7.63. The molecule has 0 spiro atoms. The lowest BCUT2D eigenvalue weighted by molar-refractivity contribution is -0.118. The van der Waals surface area contributed by atoms with Crippen LogP contribution in [0.3, 0.4) is 0 Å². The first-order valence-electron chi connectivity index (χ1n) is 12.7. The summed E-state index contributed by atoms with van der Waals surface area (Å²) in [5.74, 6) is -0.743. The van der Waals surface area contributed by atoms with Crippen molar-refractivity contribution < 1.29 is 19.1 Å². The summed E-state index contributed by atoms with van der Waals surface area (Å²) in [6.07, 6.45) is 0.422. The number of amides is 2. The van der Waals surface area contributed by atoms with Crippen LogP contribution in [0.5, 0.6) is 0 Å². The van der Waals surface area contributed by atoms with Crippen LogP contribution in [0.4, 0.5) is 17.1 Å². The van der Waals surface area contributed by atoms with Crippen LogP contribution >= 0.6 is 11.3 Å². The minimum absolute atomic E-state index is 0.0272. The highest BCUT2D eigenvalue weighted by atomic mass is 32.1. The number of aromatic nitrogens is 1. The van der Waals surface area contributed by atoms with Crippen LogP contribution < -0.4 is 15.5 Å². The molecular formula is C30H29N5O4S. The molecule has 0 saturated carbocycles. The van der Waals surface area contributed by atoms with E-state index in [2.05, 4.69) is 15.6 Å². The maximum Gasteiger partial charge on any atom is 0.337 e. The lowest BCUT2D eigenvalue weighted by atomic mass is 9.98. The van der Waals surface area contributed by atoms with Gasteiger partial charge in [-0.15, -0.1) is 11.3 Å². The van der Waals surface area contributed by atoms with Gasteiger partial charge in [0.25, 0.3) is 5.91 Å². The number of thiazole rings is 1. The fourth-order valence-corrected chi connectivity index (χ4v) is 5.16. The maximum atomic E-state index is 13.3. The second-order valence-corrected chi connectivity index (χ2v) is 10.6. The predicted molar refractivity (Wildman–Crippen MR) is 159 cm³/mol. The van der Waals surface area contributed by atoms with E-state index in [1.54, 1.807) is 47.0 Å². The molecule has 0 bridgehead atoms. The minimum Gasteiger partial charge on any atom is -0.465 e. The van der Waals surface area contributed by atoms with Gasteiger partial charge in [0.15, 0.2) is 0 Å². The van der Waals surface area contributed by atoms with Gasteiger partial charge in [-0.1, -0.05) is 12.1 Å². The molecule has 0 atom stereocenters. The monoisotopic (exact) mass is 555 g/mol. The third-order valence-electron chi connectivity index (χ3n) is 6.73. The second kappa shape index (κ2) is 11.3. The first kappa shape index (κ1) is 27.0. The summed E-state index contributed by atoms with van der Waals surface area (Å²) in [6.45, 7) is 0.674. The number of nitrogens with one attached hydrogen (secondary N) is 2. The Labute approximate surface area is 236 Å². The molecule has 0 saturated heterocycles. The number of nitrogens with zero attached hydrogens (tertiary/aromatic N) is 3. The highest BCUT2D eigenvalue weighted by Crippen LogP contribution is 2.39. The van der Waals surface area contributed by atoms with Gasteiger partial charge in [0.1, 0.15) is 0 Å². The van der Waals surface area contributed by atoms with Crippen LogP contribution in [0.2, 0.25) is 0 Å². The van der Waals surface area contributed by atoms with E-state index in [0.29, 0.717) is 41.1 Å². The SMILES string of the molecule is COC(=O)c1ccc2c(c1)NC(=O)/C2=C(\Nc1ccc(N(C)C(=O)CCN(C)C)cc1)c1ccc2scnc2c1. The Morgan fingerprint density at radius 3 is 2.48 bits per heavy atom. The van der Waals surface area contributed by atoms with E-state index in [-0.39, 0.29) is 11.8 Å². The third-order valence-corrected chi connectivity index (χ3v) is 7.54. The average molecular weight is 556 g/mol. The number of methoxy groups -OCH3 is 1. The van der Waals surface area contributed by atoms with Gasteiger partial charge in [-0.05, 0) is 62.6 Å². The fraction of sp³-hybridized carbons (Fsp3) is 0.200. The van der Waals surface area contributed by atoms with Crippen molar-refractivity contribution in [2.45, 2.75) is 6.42 Å². The van der Waals surface area contributed by atoms with E-state index in [4.69, 9.17) is 4.74 Å². The molecule has 2 heterocycles. The molecule has 40 heavy (non-hydrogen) atoms. The lowest BCUT2D eigenvalue weighted by Crippen LogP contribution is -2.29. The Bertz CT molecular complexity index is 1640. The average Bonchev–Trinajstić information content (AvgIpc) is 3.56. The molecule has 0 unspecified atom stereocenters. The number of anilines is 3. The Balaban J connectivity index is 1.53. The number of carbonyl (C=O) groups excluding carboxylic acids is 3. The number of fused-ring (bicyclic) bond motifs is 2. The molecule has 2 amide bonds. The number of ether oxygens (including phenoxy) is 1. The van der Waals surface area contributed by atoms with Crippen LogP contribution in [0.1, 0.15) is 27.9 Å². The normalized spacial score (nSPS) is 13.7. The molecule has 10 heteroatoms. The second-order valence-electron chi connectivity index (χ2n) is 9.67. The lowest BCUT2D eigenvalue weighted by Gasteiger charge is -2.20. The number of carbonyl (C=O) groups is 3. The largest absolute Gasteiger partial charge is 0.465 e. The van der Waals surface area contributed by atoms with Gasteiger partial charge in [0.05, 0.1) is 45.4 Å². The summed E-state index contributed by atoms with van der Waals surface area (Å²) < 4.78 is 5.88. The number of esters is 1. The number of benzene rings is 3. The zero-order valence-electron chi connectivity index (χ0n) is 22.6. The molecule has 1 aliphatic heterocycles. The van der Waals surface area contributed by atoms with E-state index < -0.39 is 5.97 Å². The zero-order valence-corrected chi connectivity index (χ0v) is 23.5. The Morgan fingerprint density at radius 1 is 1.00 bits per heavy atom. The van der Waals surface area contributed by atoms with Crippen molar-refractivity contribution in [2.75, 3.05) is 50.3 Å². The summed E-state index contributed by atoms with van der Waals surface area (Å²) in [5.41, 5.74) is 7.51. The Hall–Kier alpha value is -4.54. The van der Waals surface area contributed by atoms with Crippen molar-refractivity contribution in [2.24, 2.45) is 0 Å². The van der Waals surface area contributed by atoms with Gasteiger partial charge in [0, 0.05) is 42.5 Å². The van der Waals surface area contributed by atoms with Gasteiger partial charge < -0.3 is 25.2 Å². The quantitative estimate of drug-likeness (QED) is 0.235. The first-order valence-corrected chi connectivity index (χ1v) is 13.5. The van der Waals surface area contributed by atoms with E-state index in [9.17, 15) is 14.4 Å². The number of rotatable bonds is 8. The van der Waals surface area contributed by atoms with Crippen LogP contribution in [0, 0.1) is 0 Å². The molecule has 1 aliphatic rings. The molecular weight excluding hydrogens is 526 g/mol. The van der Waals surface area contributed by atoms with Crippen molar-refractivity contribution in [3.05, 3.63) is 82.9 Å². The zero-order chi connectivity index (χ0) is 28.4. The summed E-state index contributed by atoms with van der Waals surface area (Å²) in [4.78, 5) is 46.1. The van der Waals surface area contributed by atoms with Crippen LogP contribution in [-0.4, -0.2) is 62.5 Å². The summed E-state index contributed by atoms with van der Waals surface area (Å²) >= 11 is 1.55. The van der Waals surface area contributed by atoms with Crippen molar-refractivity contribution in [1.82, 2.24) is 9.88 Å². The van der Waals surface area contributed by atoms with E-state index in [1.165, 1.54) is 7.11 Å². The summed E-state index contributed by atoms with van der Waals surface area (Å²) in [7, 11) is 6.96. The maximum absolute atomic E-state index is 13.3. The summed E-state index contributed by atoms with van der Waals surface area (Å²) in [5, 5.41) is 6.33. The van der Waals surface area contributed by atoms with Crippen molar-refractivity contribution in [1.29, 1.82) is 0 Å². The molecule has 0 aliphatic carbocycles. The molecule has 9 nitrogen and oxygen atoms in total. The number of hydrogen-bond donors (Lipinski definition) is 2. The van der Waals surface area contributed by atoms with Gasteiger partial charge in [0.2, 0.25) is 5.91 Å². The van der Waals surface area contributed by atoms with Crippen LogP contribution in [0.25, 0.3) is 21.5 Å². The van der Waals surface area contributed by atoms with Crippen molar-refractivity contribution in [3.8, 4) is 0 Å². The number of hydrogen-bond acceptors (Lipinski definition) is 8. The minimum atomic E-state index is -0.480. The molecule has 1 aromatic heterocycles. The van der Waals surface area contributed by atoms with Gasteiger partial charge >= 0.3 is 5.97 Å². The molecule has 2 N–H and O–H groups in total. The van der Waals surface area contributed by atoms with Gasteiger partial charge in [-0.25, -0.2) is 9.78 Å². The molecule has 0 fully saturated rings. The molecule has 4 aromatic rings. The summed E-state index contributed by atoms with van der Waals surface area (Å²) in [6, 6.07) is 18.4. The van der Waals surface area contributed by atoms with Crippen molar-refractivity contribution >= 4 is 67.7 Å². The smallest absolute Gasteiger partial charge is 0.337 e. The predicted octanol–water partition coefficient (Wildman–Crippen LogP) is 4.93. The van der Waals surface area contributed by atoms with E-state index in [0.717, 1.165) is 27.2 Å². The van der Waals surface area contributed by atoms with Crippen LogP contribution in [0.15, 0.2) is 66.2 Å². The van der Waals surface area contributed by atoms with E-state index in [1.807, 2.05) is 61.5 Å². The van der Waals surface area contributed by atoms with Crippen LogP contribution in [-0.2, 0) is 14.3 Å². The topological polar surface area (TPSA) is 104 Å². The third kappa shape index (κ3) is 5.45.